The van der Waals surface area contributed by atoms with E-state index in [2.05, 4.69) is 10.3 Å². The van der Waals surface area contributed by atoms with Crippen molar-refractivity contribution in [2.24, 2.45) is 0 Å². The first-order chi connectivity index (χ1) is 8.35. The first-order valence-electron chi connectivity index (χ1n) is 5.97. The number of hydrogen-bond donors (Lipinski definition) is 2. The van der Waals surface area contributed by atoms with Gasteiger partial charge in [-0.05, 0) is 27.7 Å². The van der Waals surface area contributed by atoms with Gasteiger partial charge in [0, 0.05) is 31.1 Å². The number of aryl methyl sites for hydroxylation is 1. The summed E-state index contributed by atoms with van der Waals surface area (Å²) in [5.74, 6) is -0.385. The van der Waals surface area contributed by atoms with Crippen LogP contribution in [0.5, 0.6) is 0 Å². The number of carbonyl (C=O) groups is 1. The summed E-state index contributed by atoms with van der Waals surface area (Å²) in [7, 11) is 0. The topological polar surface area (TPSA) is 71.2 Å². The number of rotatable bonds is 5. The number of amides is 1. The fraction of sp³-hybridized carbons (Fsp3) is 0.538. The maximum atomic E-state index is 11.8. The van der Waals surface area contributed by atoms with Crippen LogP contribution in [0.15, 0.2) is 17.1 Å². The highest BCUT2D eigenvalue weighted by atomic mass is 16.5. The van der Waals surface area contributed by atoms with Crippen molar-refractivity contribution in [1.29, 1.82) is 0 Å². The summed E-state index contributed by atoms with van der Waals surface area (Å²) >= 11 is 0. The van der Waals surface area contributed by atoms with Gasteiger partial charge in [-0.3, -0.25) is 9.59 Å². The zero-order chi connectivity index (χ0) is 13.8. The minimum atomic E-state index is -0.443. The third-order valence-electron chi connectivity index (χ3n) is 2.51. The third-order valence-corrected chi connectivity index (χ3v) is 2.51. The number of aromatic amines is 1. The molecule has 1 amide bonds. The molecule has 100 valence electrons. The molecule has 0 fully saturated rings. The Kier molecular flexibility index (Phi) is 4.67. The summed E-state index contributed by atoms with van der Waals surface area (Å²) in [4.78, 5) is 26.3. The number of H-pyrrole nitrogens is 1. The van der Waals surface area contributed by atoms with E-state index in [1.807, 2.05) is 20.8 Å². The summed E-state index contributed by atoms with van der Waals surface area (Å²) in [6.45, 7) is 8.36. The molecule has 0 saturated carbocycles. The van der Waals surface area contributed by atoms with Crippen molar-refractivity contribution in [2.75, 3.05) is 13.2 Å². The lowest BCUT2D eigenvalue weighted by Crippen LogP contribution is -2.41. The Morgan fingerprint density at radius 1 is 1.50 bits per heavy atom. The summed E-state index contributed by atoms with van der Waals surface area (Å²) in [6.07, 6.45) is 1.43. The molecule has 0 aliphatic carbocycles. The molecule has 0 saturated heterocycles. The van der Waals surface area contributed by atoms with Gasteiger partial charge in [0.25, 0.3) is 5.91 Å². The van der Waals surface area contributed by atoms with Crippen LogP contribution in [0.25, 0.3) is 0 Å². The summed E-state index contributed by atoms with van der Waals surface area (Å²) in [6, 6.07) is 1.41. The number of aromatic nitrogens is 1. The summed E-state index contributed by atoms with van der Waals surface area (Å²) in [5.41, 5.74) is 0.124. The van der Waals surface area contributed by atoms with Gasteiger partial charge < -0.3 is 15.0 Å². The van der Waals surface area contributed by atoms with Crippen LogP contribution in [0.3, 0.4) is 0 Å². The highest BCUT2D eigenvalue weighted by molar-refractivity contribution is 5.93. The van der Waals surface area contributed by atoms with Gasteiger partial charge in [-0.2, -0.15) is 0 Å². The predicted octanol–water partition coefficient (Wildman–Crippen LogP) is 1.23. The molecule has 1 rings (SSSR count). The molecule has 5 nitrogen and oxygen atoms in total. The second-order valence-corrected chi connectivity index (χ2v) is 4.77. The van der Waals surface area contributed by atoms with Crippen LogP contribution in [0.4, 0.5) is 0 Å². The molecule has 0 aliphatic heterocycles. The van der Waals surface area contributed by atoms with Gasteiger partial charge in [-0.25, -0.2) is 0 Å². The van der Waals surface area contributed by atoms with E-state index >= 15 is 0 Å². The van der Waals surface area contributed by atoms with Crippen LogP contribution in [-0.4, -0.2) is 29.6 Å². The Bertz CT molecular complexity index is 477. The average molecular weight is 252 g/mol. The molecule has 18 heavy (non-hydrogen) atoms. The molecule has 0 aliphatic rings. The molecule has 0 bridgehead atoms. The molecule has 0 aromatic carbocycles. The molecule has 1 heterocycles. The second-order valence-electron chi connectivity index (χ2n) is 4.77. The minimum absolute atomic E-state index is 0.118. The van der Waals surface area contributed by atoms with Gasteiger partial charge in [0.05, 0.1) is 5.60 Å². The average Bonchev–Trinajstić information content (AvgIpc) is 2.26. The van der Waals surface area contributed by atoms with Crippen molar-refractivity contribution in [2.45, 2.75) is 33.3 Å². The molecule has 2 N–H and O–H groups in total. The van der Waals surface area contributed by atoms with Gasteiger partial charge in [0.1, 0.15) is 5.56 Å². The lowest BCUT2D eigenvalue weighted by atomic mass is 10.1. The lowest BCUT2D eigenvalue weighted by Gasteiger charge is -2.24. The third kappa shape index (κ3) is 4.00. The SMILES string of the molecule is CCOC(C)(C)CNC(=O)c1c[nH]c(C)cc1=O. The van der Waals surface area contributed by atoms with Gasteiger partial charge in [0.15, 0.2) is 5.43 Å². The Morgan fingerprint density at radius 2 is 2.17 bits per heavy atom. The van der Waals surface area contributed by atoms with Crippen LogP contribution >= 0.6 is 0 Å². The number of pyridine rings is 1. The first kappa shape index (κ1) is 14.4. The normalized spacial score (nSPS) is 11.3. The van der Waals surface area contributed by atoms with Gasteiger partial charge in [-0.1, -0.05) is 0 Å². The predicted molar refractivity (Wildman–Crippen MR) is 69.8 cm³/mol. The maximum absolute atomic E-state index is 11.8. The second kappa shape index (κ2) is 5.82. The molecule has 0 spiro atoms. The van der Waals surface area contributed by atoms with E-state index < -0.39 is 5.60 Å². The van der Waals surface area contributed by atoms with Crippen molar-refractivity contribution >= 4 is 5.91 Å². The monoisotopic (exact) mass is 252 g/mol. The number of ether oxygens (including phenoxy) is 1. The Morgan fingerprint density at radius 3 is 2.72 bits per heavy atom. The first-order valence-corrected chi connectivity index (χ1v) is 5.97. The van der Waals surface area contributed by atoms with Crippen molar-refractivity contribution in [3.05, 3.63) is 33.7 Å². The number of nitrogens with one attached hydrogen (secondary N) is 2. The zero-order valence-electron chi connectivity index (χ0n) is 11.3. The molecule has 0 unspecified atom stereocenters. The number of hydrogen-bond acceptors (Lipinski definition) is 3. The fourth-order valence-corrected chi connectivity index (χ4v) is 1.58. The van der Waals surface area contributed by atoms with Crippen molar-refractivity contribution in [3.63, 3.8) is 0 Å². The maximum Gasteiger partial charge on any atom is 0.256 e. The van der Waals surface area contributed by atoms with E-state index in [4.69, 9.17) is 4.74 Å². The van der Waals surface area contributed by atoms with Gasteiger partial charge in [-0.15, -0.1) is 0 Å². The highest BCUT2D eigenvalue weighted by Crippen LogP contribution is 2.07. The lowest BCUT2D eigenvalue weighted by molar-refractivity contribution is -0.00816. The Balaban J connectivity index is 2.69. The smallest absolute Gasteiger partial charge is 0.256 e. The molecule has 1 aromatic heterocycles. The van der Waals surface area contributed by atoms with Gasteiger partial charge in [0.2, 0.25) is 0 Å². The summed E-state index contributed by atoms with van der Waals surface area (Å²) in [5, 5.41) is 2.70. The summed E-state index contributed by atoms with van der Waals surface area (Å²) < 4.78 is 5.46. The van der Waals surface area contributed by atoms with Crippen LogP contribution in [0, 0.1) is 6.92 Å². The van der Waals surface area contributed by atoms with Crippen molar-refractivity contribution in [1.82, 2.24) is 10.3 Å². The van der Waals surface area contributed by atoms with E-state index in [9.17, 15) is 9.59 Å². The van der Waals surface area contributed by atoms with E-state index in [1.165, 1.54) is 12.3 Å². The van der Waals surface area contributed by atoms with Crippen LogP contribution in [-0.2, 0) is 4.74 Å². The number of carbonyl (C=O) groups excluding carboxylic acids is 1. The largest absolute Gasteiger partial charge is 0.374 e. The molecule has 5 heteroatoms. The molecule has 1 aromatic rings. The van der Waals surface area contributed by atoms with E-state index in [0.29, 0.717) is 13.2 Å². The van der Waals surface area contributed by atoms with Crippen LogP contribution in [0.2, 0.25) is 0 Å². The van der Waals surface area contributed by atoms with Crippen LogP contribution in [0.1, 0.15) is 36.8 Å². The minimum Gasteiger partial charge on any atom is -0.374 e. The quantitative estimate of drug-likeness (QED) is 0.828. The van der Waals surface area contributed by atoms with E-state index in [0.717, 1.165) is 5.69 Å². The van der Waals surface area contributed by atoms with Crippen molar-refractivity contribution in [3.8, 4) is 0 Å². The molecule has 0 radical (unpaired) electrons. The van der Waals surface area contributed by atoms with E-state index in [1.54, 1.807) is 6.92 Å². The molecular formula is C13H20N2O3. The zero-order valence-corrected chi connectivity index (χ0v) is 11.3. The standard InChI is InChI=1S/C13H20N2O3/c1-5-18-13(3,4)8-15-12(17)10-7-14-9(2)6-11(10)16/h6-7H,5,8H2,1-4H3,(H,14,16)(H,15,17). The molecule has 0 atom stereocenters. The molecular weight excluding hydrogens is 232 g/mol. The van der Waals surface area contributed by atoms with E-state index in [-0.39, 0.29) is 16.9 Å². The Labute approximate surface area is 107 Å². The highest BCUT2D eigenvalue weighted by Gasteiger charge is 2.19. The fourth-order valence-electron chi connectivity index (χ4n) is 1.58. The van der Waals surface area contributed by atoms with Crippen LogP contribution < -0.4 is 10.7 Å². The van der Waals surface area contributed by atoms with Gasteiger partial charge >= 0.3 is 0 Å². The Hall–Kier alpha value is -1.62. The van der Waals surface area contributed by atoms with Crippen molar-refractivity contribution < 1.29 is 9.53 Å².